The third kappa shape index (κ3) is 4.70. The topological polar surface area (TPSA) is 96.5 Å². The lowest BCUT2D eigenvalue weighted by Gasteiger charge is -2.17. The van der Waals surface area contributed by atoms with Crippen LogP contribution in [0.15, 0.2) is 78.9 Å². The maximum Gasteiger partial charge on any atom is 0.305 e. The quantitative estimate of drug-likeness (QED) is 0.330. The van der Waals surface area contributed by atoms with Gasteiger partial charge in [0, 0.05) is 17.7 Å². The number of benzene rings is 3. The fourth-order valence-corrected chi connectivity index (χ4v) is 3.96. The molecule has 6 heteroatoms. The number of rotatable bonds is 7. The van der Waals surface area contributed by atoms with Gasteiger partial charge in [-0.2, -0.15) is 0 Å². The second-order valence-electron chi connectivity index (χ2n) is 7.84. The van der Waals surface area contributed by atoms with Gasteiger partial charge in [-0.25, -0.2) is 0 Å². The lowest BCUT2D eigenvalue weighted by molar-refractivity contribution is -0.140. The number of nitrogen functional groups attached to an aromatic ring is 1. The number of amides is 1. The number of nitrogens with two attached hydrogens (primary N) is 1. The van der Waals surface area contributed by atoms with E-state index < -0.39 is 0 Å². The standard InChI is InChI=1S/C27H25N3O3/c1-33-24(31)16-9-18-7-10-20(11-8-18)25-23(19-5-3-2-4-6-19)17-30(27(25)32)22-14-12-21(13-15-22)26(28)29/h2-8,10-15H,9,16-17H2,1H3,(H3,28,29). The summed E-state index contributed by atoms with van der Waals surface area (Å²) >= 11 is 0. The van der Waals surface area contributed by atoms with Crippen LogP contribution in [0.25, 0.3) is 11.1 Å². The van der Waals surface area contributed by atoms with Gasteiger partial charge in [-0.1, -0.05) is 54.6 Å². The molecule has 0 aliphatic carbocycles. The molecule has 0 spiro atoms. The van der Waals surface area contributed by atoms with E-state index in [1.54, 1.807) is 17.0 Å². The molecule has 0 fully saturated rings. The predicted octanol–water partition coefficient (Wildman–Crippen LogP) is 4.03. The summed E-state index contributed by atoms with van der Waals surface area (Å²) in [5, 5.41) is 7.59. The minimum absolute atomic E-state index is 0.00891. The highest BCUT2D eigenvalue weighted by atomic mass is 16.5. The van der Waals surface area contributed by atoms with Crippen LogP contribution in [0.3, 0.4) is 0 Å². The summed E-state index contributed by atoms with van der Waals surface area (Å²) in [7, 11) is 1.38. The summed E-state index contributed by atoms with van der Waals surface area (Å²) in [5.74, 6) is -0.331. The van der Waals surface area contributed by atoms with Gasteiger partial charge in [-0.15, -0.1) is 0 Å². The Kier molecular flexibility index (Phi) is 6.36. The van der Waals surface area contributed by atoms with E-state index in [4.69, 9.17) is 15.9 Å². The van der Waals surface area contributed by atoms with Gasteiger partial charge in [0.05, 0.1) is 19.2 Å². The Morgan fingerprint density at radius 3 is 2.24 bits per heavy atom. The van der Waals surface area contributed by atoms with Gasteiger partial charge in [0.15, 0.2) is 0 Å². The molecule has 1 aliphatic heterocycles. The molecule has 0 radical (unpaired) electrons. The predicted molar refractivity (Wildman–Crippen MR) is 130 cm³/mol. The molecule has 0 saturated carbocycles. The Balaban J connectivity index is 1.67. The van der Waals surface area contributed by atoms with E-state index in [0.29, 0.717) is 30.5 Å². The molecule has 1 heterocycles. The highest BCUT2D eigenvalue weighted by molar-refractivity contribution is 6.36. The van der Waals surface area contributed by atoms with Crippen LogP contribution in [0.4, 0.5) is 5.69 Å². The zero-order chi connectivity index (χ0) is 23.4. The van der Waals surface area contributed by atoms with Crippen molar-refractivity contribution in [3.05, 3.63) is 101 Å². The minimum Gasteiger partial charge on any atom is -0.469 e. The number of ether oxygens (including phenoxy) is 1. The Morgan fingerprint density at radius 2 is 1.64 bits per heavy atom. The van der Waals surface area contributed by atoms with Crippen LogP contribution >= 0.6 is 0 Å². The lowest BCUT2D eigenvalue weighted by Crippen LogP contribution is -2.26. The van der Waals surface area contributed by atoms with Crippen LogP contribution in [-0.4, -0.2) is 31.4 Å². The minimum atomic E-state index is -0.245. The molecule has 3 aromatic carbocycles. The van der Waals surface area contributed by atoms with E-state index in [1.807, 2.05) is 66.7 Å². The van der Waals surface area contributed by atoms with Crippen molar-refractivity contribution in [2.75, 3.05) is 18.6 Å². The first-order valence-corrected chi connectivity index (χ1v) is 10.7. The van der Waals surface area contributed by atoms with Crippen molar-refractivity contribution in [2.45, 2.75) is 12.8 Å². The van der Waals surface area contributed by atoms with Crippen molar-refractivity contribution < 1.29 is 14.3 Å². The van der Waals surface area contributed by atoms with Crippen molar-refractivity contribution in [3.8, 4) is 0 Å². The number of nitrogens with one attached hydrogen (secondary N) is 1. The third-order valence-corrected chi connectivity index (χ3v) is 5.78. The number of aryl methyl sites for hydroxylation is 1. The number of anilines is 1. The molecule has 166 valence electrons. The highest BCUT2D eigenvalue weighted by Gasteiger charge is 2.32. The van der Waals surface area contributed by atoms with Crippen LogP contribution in [0.1, 0.15) is 28.7 Å². The molecule has 0 bridgehead atoms. The van der Waals surface area contributed by atoms with Gasteiger partial charge in [-0.3, -0.25) is 15.0 Å². The maximum absolute atomic E-state index is 13.6. The summed E-state index contributed by atoms with van der Waals surface area (Å²) in [6.45, 7) is 0.446. The fourth-order valence-electron chi connectivity index (χ4n) is 3.96. The molecule has 3 N–H and O–H groups in total. The van der Waals surface area contributed by atoms with E-state index in [-0.39, 0.29) is 17.7 Å². The zero-order valence-corrected chi connectivity index (χ0v) is 18.4. The van der Waals surface area contributed by atoms with E-state index >= 15 is 0 Å². The molecule has 1 amide bonds. The molecule has 0 unspecified atom stereocenters. The molecule has 0 aromatic heterocycles. The van der Waals surface area contributed by atoms with Crippen LogP contribution in [-0.2, 0) is 20.7 Å². The molecule has 3 aromatic rings. The first-order chi connectivity index (χ1) is 16.0. The van der Waals surface area contributed by atoms with Crippen molar-refractivity contribution in [1.82, 2.24) is 0 Å². The molecular weight excluding hydrogens is 414 g/mol. The second-order valence-corrected chi connectivity index (χ2v) is 7.84. The first-order valence-electron chi connectivity index (χ1n) is 10.7. The molecule has 4 rings (SSSR count). The van der Waals surface area contributed by atoms with E-state index in [0.717, 1.165) is 28.0 Å². The van der Waals surface area contributed by atoms with Crippen LogP contribution in [0, 0.1) is 5.41 Å². The summed E-state index contributed by atoms with van der Waals surface area (Å²) in [5.41, 5.74) is 11.4. The fraction of sp³-hybridized carbons (Fsp3) is 0.148. The van der Waals surface area contributed by atoms with E-state index in [9.17, 15) is 9.59 Å². The normalized spacial score (nSPS) is 13.4. The monoisotopic (exact) mass is 439 g/mol. The van der Waals surface area contributed by atoms with Gasteiger partial charge >= 0.3 is 5.97 Å². The first kappa shape index (κ1) is 22.0. The molecule has 1 aliphatic rings. The summed E-state index contributed by atoms with van der Waals surface area (Å²) < 4.78 is 4.71. The molecule has 0 atom stereocenters. The van der Waals surface area contributed by atoms with Gasteiger partial charge in [0.25, 0.3) is 5.91 Å². The molecule has 6 nitrogen and oxygen atoms in total. The van der Waals surface area contributed by atoms with Gasteiger partial charge in [-0.05, 0) is 52.9 Å². The maximum atomic E-state index is 13.6. The second kappa shape index (κ2) is 9.53. The Hall–Kier alpha value is -4.19. The summed E-state index contributed by atoms with van der Waals surface area (Å²) in [6.07, 6.45) is 0.900. The number of methoxy groups -OCH3 is 1. The van der Waals surface area contributed by atoms with Crippen molar-refractivity contribution in [1.29, 1.82) is 5.41 Å². The number of nitrogens with zero attached hydrogens (tertiary/aromatic N) is 1. The van der Waals surface area contributed by atoms with Gasteiger partial charge < -0.3 is 15.4 Å². The molecular formula is C27H25N3O3. The smallest absolute Gasteiger partial charge is 0.305 e. The average molecular weight is 440 g/mol. The number of hydrogen-bond donors (Lipinski definition) is 2. The van der Waals surface area contributed by atoms with Crippen molar-refractivity contribution in [2.24, 2.45) is 5.73 Å². The van der Waals surface area contributed by atoms with Gasteiger partial charge in [0.2, 0.25) is 0 Å². The third-order valence-electron chi connectivity index (χ3n) is 5.78. The van der Waals surface area contributed by atoms with Crippen LogP contribution < -0.4 is 10.6 Å². The SMILES string of the molecule is COC(=O)CCc1ccc(C2=C(c3ccccc3)CN(c3ccc(C(=N)N)cc3)C2=O)cc1. The number of amidine groups is 1. The number of esters is 1. The largest absolute Gasteiger partial charge is 0.469 e. The number of carbonyl (C=O) groups is 2. The molecule has 33 heavy (non-hydrogen) atoms. The molecule has 0 saturated heterocycles. The van der Waals surface area contributed by atoms with E-state index in [1.165, 1.54) is 7.11 Å². The lowest BCUT2D eigenvalue weighted by atomic mass is 9.95. The van der Waals surface area contributed by atoms with Gasteiger partial charge in [0.1, 0.15) is 5.84 Å². The highest BCUT2D eigenvalue weighted by Crippen LogP contribution is 2.37. The van der Waals surface area contributed by atoms with Crippen molar-refractivity contribution in [3.63, 3.8) is 0 Å². The zero-order valence-electron chi connectivity index (χ0n) is 18.4. The Bertz CT molecular complexity index is 1210. The average Bonchev–Trinajstić information content (AvgIpc) is 3.20. The summed E-state index contributed by atoms with van der Waals surface area (Å²) in [6, 6.07) is 24.8. The number of carbonyl (C=O) groups excluding carboxylic acids is 2. The Labute approximate surface area is 192 Å². The van der Waals surface area contributed by atoms with Crippen molar-refractivity contribution >= 4 is 34.5 Å². The van der Waals surface area contributed by atoms with E-state index in [2.05, 4.69) is 0 Å². The summed E-state index contributed by atoms with van der Waals surface area (Å²) in [4.78, 5) is 26.8. The van der Waals surface area contributed by atoms with Crippen LogP contribution in [0.5, 0.6) is 0 Å². The Morgan fingerprint density at radius 1 is 0.970 bits per heavy atom. The number of hydrogen-bond acceptors (Lipinski definition) is 4. The van der Waals surface area contributed by atoms with Crippen LogP contribution in [0.2, 0.25) is 0 Å².